The molecule has 1 N–H and O–H groups in total. The zero-order chi connectivity index (χ0) is 6.97. The van der Waals surface area contributed by atoms with Crippen LogP contribution in [-0.4, -0.2) is 20.4 Å². The van der Waals surface area contributed by atoms with Crippen LogP contribution in [0, 0.1) is 0 Å². The highest BCUT2D eigenvalue weighted by atomic mass is 15.3. The summed E-state index contributed by atoms with van der Waals surface area (Å²) in [4.78, 5) is 3.89. The van der Waals surface area contributed by atoms with Crippen LogP contribution in [0.25, 0.3) is 11.2 Å². The fourth-order valence-electron chi connectivity index (χ4n) is 0.656. The molecule has 2 aromatic heterocycles. The molecule has 4 nitrogen and oxygen atoms in total. The maximum atomic E-state index is 7.15. The van der Waals surface area contributed by atoms with Crippen LogP contribution in [0.4, 0.5) is 0 Å². The van der Waals surface area contributed by atoms with Gasteiger partial charge in [0.25, 0.3) is 0 Å². The number of rotatable bonds is 0. The van der Waals surface area contributed by atoms with E-state index in [1.54, 1.807) is 18.3 Å². The highest BCUT2D eigenvalue weighted by Gasteiger charge is 1.91. The third kappa shape index (κ3) is 0.561. The lowest BCUT2D eigenvalue weighted by atomic mass is 10.4. The van der Waals surface area contributed by atoms with Gasteiger partial charge in [0.15, 0.2) is 1.41 Å². The molecule has 2 heterocycles. The molecule has 0 aliphatic heterocycles. The van der Waals surface area contributed by atoms with E-state index in [1.165, 1.54) is 0 Å². The molecule has 2 rings (SSSR count). The van der Waals surface area contributed by atoms with Crippen molar-refractivity contribution < 1.29 is 1.41 Å². The molecule has 9 heavy (non-hydrogen) atoms. The second-order valence-electron chi connectivity index (χ2n) is 1.64. The number of aromatic nitrogens is 4. The van der Waals surface area contributed by atoms with Crippen molar-refractivity contribution in [3.63, 3.8) is 0 Å². The highest BCUT2D eigenvalue weighted by molar-refractivity contribution is 5.67. The van der Waals surface area contributed by atoms with Crippen molar-refractivity contribution in [1.29, 1.82) is 0 Å². The molecular weight excluding hydrogens is 116 g/mol. The van der Waals surface area contributed by atoms with Crippen LogP contribution < -0.4 is 0 Å². The van der Waals surface area contributed by atoms with E-state index < -0.39 is 0 Å². The van der Waals surface area contributed by atoms with E-state index in [2.05, 4.69) is 15.3 Å². The molecule has 44 valence electrons. The van der Waals surface area contributed by atoms with Gasteiger partial charge >= 0.3 is 0 Å². The SMILES string of the molecule is [2H]n1nnc2ncccc21. The lowest BCUT2D eigenvalue weighted by Gasteiger charge is -1.78. The molecule has 4 heteroatoms. The molecule has 0 aromatic carbocycles. The molecule has 0 aliphatic rings. The van der Waals surface area contributed by atoms with Gasteiger partial charge in [0.05, 0.1) is 0 Å². The van der Waals surface area contributed by atoms with Crippen LogP contribution in [0.5, 0.6) is 0 Å². The lowest BCUT2D eigenvalue weighted by molar-refractivity contribution is 0.954. The van der Waals surface area contributed by atoms with Crippen molar-refractivity contribution >= 4 is 11.2 Å². The van der Waals surface area contributed by atoms with Gasteiger partial charge < -0.3 is 0 Å². The molecule has 0 saturated carbocycles. The molecule has 0 bridgehead atoms. The largest absolute Gasteiger partial charge is 0.256 e. The van der Waals surface area contributed by atoms with Crippen LogP contribution in [-0.2, 0) is 0 Å². The maximum absolute atomic E-state index is 7.15. The predicted octanol–water partition coefficient (Wildman–Crippen LogP) is 0.353. The van der Waals surface area contributed by atoms with Crippen molar-refractivity contribution in [3.05, 3.63) is 18.3 Å². The fraction of sp³-hybridized carbons (Fsp3) is 0. The fourth-order valence-corrected chi connectivity index (χ4v) is 0.656. The van der Waals surface area contributed by atoms with Gasteiger partial charge in [-0.15, -0.1) is 5.10 Å². The second-order valence-corrected chi connectivity index (χ2v) is 1.64. The van der Waals surface area contributed by atoms with Crippen molar-refractivity contribution in [3.8, 4) is 0 Å². The molecule has 0 radical (unpaired) electrons. The summed E-state index contributed by atoms with van der Waals surface area (Å²) in [5.41, 5.74) is 1.14. The number of hydrogen-bond acceptors (Lipinski definition) is 3. The van der Waals surface area contributed by atoms with E-state index in [-0.39, 0.29) is 0 Å². The van der Waals surface area contributed by atoms with E-state index in [4.69, 9.17) is 1.41 Å². The number of hydrogen-bond donors (Lipinski definition) is 1. The lowest BCUT2D eigenvalue weighted by Crippen LogP contribution is -1.71. The van der Waals surface area contributed by atoms with Gasteiger partial charge in [0.1, 0.15) is 5.52 Å². The standard InChI is InChI=1S/C5H4N4/c1-2-4-5(6-3-1)8-9-7-4/h1-3H,(H,6,7,8,9)/i/hD. The van der Waals surface area contributed by atoms with Gasteiger partial charge in [-0.2, -0.15) is 0 Å². The molecular formula is C5H4N4. The normalized spacial score (nSPS) is 11.8. The average Bonchev–Trinajstić information content (AvgIpc) is 2.34. The third-order valence-electron chi connectivity index (χ3n) is 1.06. The summed E-state index contributed by atoms with van der Waals surface area (Å²) in [5, 5.41) is 8.05. The molecule has 0 unspecified atom stereocenters. The zero-order valence-electron chi connectivity index (χ0n) is 5.52. The first-order chi connectivity index (χ1) is 4.88. The Bertz CT molecular complexity index is 355. The Hall–Kier alpha value is -1.45. The van der Waals surface area contributed by atoms with E-state index in [0.717, 1.165) is 5.09 Å². The molecule has 0 spiro atoms. The smallest absolute Gasteiger partial charge is 0.201 e. The van der Waals surface area contributed by atoms with Crippen molar-refractivity contribution in [2.24, 2.45) is 0 Å². The van der Waals surface area contributed by atoms with E-state index in [1.807, 2.05) is 0 Å². The van der Waals surface area contributed by atoms with Crippen molar-refractivity contribution in [2.45, 2.75) is 0 Å². The predicted molar refractivity (Wildman–Crippen MR) is 31.7 cm³/mol. The minimum atomic E-state index is 0.512. The van der Waals surface area contributed by atoms with Crippen LogP contribution in [0.2, 0.25) is 1.41 Å². The summed E-state index contributed by atoms with van der Waals surface area (Å²) in [6.45, 7) is 0. The second kappa shape index (κ2) is 1.51. The van der Waals surface area contributed by atoms with E-state index >= 15 is 0 Å². The first-order valence-corrected chi connectivity index (χ1v) is 2.53. The number of pyridine rings is 1. The molecule has 0 atom stereocenters. The van der Waals surface area contributed by atoms with Crippen LogP contribution >= 0.6 is 0 Å². The van der Waals surface area contributed by atoms with Crippen molar-refractivity contribution in [2.75, 3.05) is 0 Å². The first kappa shape index (κ1) is 3.55. The van der Waals surface area contributed by atoms with Gasteiger partial charge in [0.2, 0.25) is 5.65 Å². The topological polar surface area (TPSA) is 54.5 Å². The molecule has 2 aromatic rings. The highest BCUT2D eigenvalue weighted by Crippen LogP contribution is 1.99. The Morgan fingerprint density at radius 2 is 2.67 bits per heavy atom. The molecule has 0 fully saturated rings. The van der Waals surface area contributed by atoms with Crippen LogP contribution in [0.3, 0.4) is 0 Å². The number of H-pyrrole nitrogens is 1. The Morgan fingerprint density at radius 1 is 1.67 bits per heavy atom. The van der Waals surface area contributed by atoms with Crippen molar-refractivity contribution in [1.82, 2.24) is 20.4 Å². The summed E-state index contributed by atoms with van der Waals surface area (Å²) >= 11 is 0. The molecule has 0 amide bonds. The van der Waals surface area contributed by atoms with E-state index in [9.17, 15) is 0 Å². The Labute approximate surface area is 52.4 Å². The number of fused-ring (bicyclic) bond motifs is 1. The Morgan fingerprint density at radius 3 is 3.56 bits per heavy atom. The Kier molecular flexibility index (Phi) is 0.597. The maximum Gasteiger partial charge on any atom is 0.201 e. The summed E-state index contributed by atoms with van der Waals surface area (Å²) in [5.74, 6) is 0. The monoisotopic (exact) mass is 121 g/mol. The quantitative estimate of drug-likeness (QED) is 0.547. The number of nitrogens with zero attached hydrogens (tertiary/aromatic N) is 3. The molecule has 0 saturated heterocycles. The number of nitrogens with one attached hydrogen (secondary N) is 1. The van der Waals surface area contributed by atoms with Gasteiger partial charge in [-0.1, -0.05) is 5.21 Å². The third-order valence-corrected chi connectivity index (χ3v) is 1.06. The van der Waals surface area contributed by atoms with Gasteiger partial charge in [-0.3, -0.25) is 5.09 Å². The molecule has 0 aliphatic carbocycles. The van der Waals surface area contributed by atoms with Crippen LogP contribution in [0.1, 0.15) is 0 Å². The van der Waals surface area contributed by atoms with Gasteiger partial charge in [-0.05, 0) is 12.1 Å². The van der Waals surface area contributed by atoms with Gasteiger partial charge in [-0.25, -0.2) is 4.98 Å². The summed E-state index contributed by atoms with van der Waals surface area (Å²) in [6.07, 6.45) is 1.62. The first-order valence-electron chi connectivity index (χ1n) is 2.98. The van der Waals surface area contributed by atoms with Gasteiger partial charge in [0, 0.05) is 6.20 Å². The van der Waals surface area contributed by atoms with Crippen LogP contribution in [0.15, 0.2) is 18.3 Å². The summed E-state index contributed by atoms with van der Waals surface area (Å²) < 4.78 is 7.15. The number of aromatic amines is 1. The zero-order valence-corrected chi connectivity index (χ0v) is 4.52. The Balaban J connectivity index is 2.93. The van der Waals surface area contributed by atoms with E-state index in [0.29, 0.717) is 11.2 Å². The summed E-state index contributed by atoms with van der Waals surface area (Å²) in [6, 6.07) is 3.49. The minimum Gasteiger partial charge on any atom is -0.256 e. The average molecular weight is 121 g/mol. The minimum absolute atomic E-state index is 0.512. The summed E-state index contributed by atoms with van der Waals surface area (Å²) in [7, 11) is 0.